The Bertz CT molecular complexity index is 833. The summed E-state index contributed by atoms with van der Waals surface area (Å²) in [4.78, 5) is 12.8. The van der Waals surface area contributed by atoms with Crippen molar-refractivity contribution in [3.05, 3.63) is 46.8 Å². The number of nitrogens with zero attached hydrogens (tertiary/aromatic N) is 2. The molecule has 1 saturated heterocycles. The Labute approximate surface area is 160 Å². The van der Waals surface area contributed by atoms with E-state index < -0.39 is 12.4 Å². The Morgan fingerprint density at radius 3 is 2.26 bits per heavy atom. The molecule has 1 aromatic heterocycles. The highest BCUT2D eigenvalue weighted by Crippen LogP contribution is 2.40. The van der Waals surface area contributed by atoms with E-state index >= 15 is 0 Å². The van der Waals surface area contributed by atoms with E-state index in [1.165, 1.54) is 0 Å². The highest BCUT2D eigenvalue weighted by Gasteiger charge is 2.47. The quantitative estimate of drug-likeness (QED) is 0.769. The van der Waals surface area contributed by atoms with E-state index in [0.29, 0.717) is 0 Å². The number of esters is 1. The number of aryl methyl sites for hydroxylation is 2. The predicted molar refractivity (Wildman–Crippen MR) is 102 cm³/mol. The van der Waals surface area contributed by atoms with Crippen molar-refractivity contribution >= 4 is 5.97 Å². The average molecular weight is 372 g/mol. The van der Waals surface area contributed by atoms with Crippen molar-refractivity contribution in [2.45, 2.75) is 52.9 Å². The van der Waals surface area contributed by atoms with Gasteiger partial charge in [0.15, 0.2) is 6.10 Å². The lowest BCUT2D eigenvalue weighted by Crippen LogP contribution is -2.30. The van der Waals surface area contributed by atoms with Gasteiger partial charge in [0, 0.05) is 29.6 Å². The highest BCUT2D eigenvalue weighted by atomic mass is 16.8. The van der Waals surface area contributed by atoms with Crippen LogP contribution in [0.15, 0.2) is 24.3 Å². The normalized spacial score (nSPS) is 21.2. The zero-order chi connectivity index (χ0) is 19.9. The van der Waals surface area contributed by atoms with E-state index in [9.17, 15) is 4.79 Å². The fourth-order valence-corrected chi connectivity index (χ4v) is 3.53. The summed E-state index contributed by atoms with van der Waals surface area (Å²) in [5.74, 6) is 0.127. The number of benzene rings is 1. The zero-order valence-electron chi connectivity index (χ0n) is 17.1. The molecule has 1 aromatic carbocycles. The van der Waals surface area contributed by atoms with Crippen molar-refractivity contribution in [2.75, 3.05) is 7.11 Å². The van der Waals surface area contributed by atoms with Crippen LogP contribution >= 0.6 is 0 Å². The molecule has 1 fully saturated rings. The number of hydrogen-bond donors (Lipinski definition) is 0. The maximum absolute atomic E-state index is 12.8. The van der Waals surface area contributed by atoms with E-state index in [1.807, 2.05) is 70.6 Å². The topological polar surface area (TPSA) is 62.6 Å². The van der Waals surface area contributed by atoms with Crippen LogP contribution in [0, 0.1) is 19.3 Å². The molecular formula is C21H28N2O4. The van der Waals surface area contributed by atoms with Gasteiger partial charge in [-0.25, -0.2) is 4.79 Å². The molecule has 2 heterocycles. The minimum absolute atomic E-state index is 0.298. The van der Waals surface area contributed by atoms with E-state index in [2.05, 4.69) is 5.10 Å². The summed E-state index contributed by atoms with van der Waals surface area (Å²) in [5, 5.41) is 4.54. The molecule has 0 aliphatic carbocycles. The molecule has 3 atom stereocenters. The average Bonchev–Trinajstić information content (AvgIpc) is 3.11. The summed E-state index contributed by atoms with van der Waals surface area (Å²) in [6.45, 7) is 9.95. The lowest BCUT2D eigenvalue weighted by molar-refractivity contribution is -0.154. The van der Waals surface area contributed by atoms with Gasteiger partial charge in [-0.15, -0.1) is 0 Å². The molecule has 0 amide bonds. The largest absolute Gasteiger partial charge is 0.497 e. The van der Waals surface area contributed by atoms with Crippen LogP contribution in [0.4, 0.5) is 0 Å². The second-order valence-corrected chi connectivity index (χ2v) is 8.15. The van der Waals surface area contributed by atoms with E-state index in [0.717, 1.165) is 28.3 Å². The minimum Gasteiger partial charge on any atom is -0.497 e. The molecular weight excluding hydrogens is 344 g/mol. The molecule has 1 aliphatic rings. The summed E-state index contributed by atoms with van der Waals surface area (Å²) < 4.78 is 18.8. The first-order chi connectivity index (χ1) is 12.6. The second kappa shape index (κ2) is 7.00. The molecule has 1 aliphatic heterocycles. The van der Waals surface area contributed by atoms with Gasteiger partial charge in [0.25, 0.3) is 0 Å². The van der Waals surface area contributed by atoms with Crippen molar-refractivity contribution in [2.24, 2.45) is 12.5 Å². The standard InChI is InChI=1S/C21H28N2O4/c1-12-16(13(2)23(6)22-12)17(14-8-10-15(25-7)11-9-14)18-19(24)27-20(26-18)21(3,4)5/h8-11,17-18,20H,1-7H3/t17-,18-,20-/m0/s1. The summed E-state index contributed by atoms with van der Waals surface area (Å²) in [7, 11) is 3.54. The number of carbonyl (C=O) groups is 1. The first-order valence-corrected chi connectivity index (χ1v) is 9.13. The third-order valence-electron chi connectivity index (χ3n) is 5.09. The van der Waals surface area contributed by atoms with Crippen molar-refractivity contribution in [1.29, 1.82) is 0 Å². The van der Waals surface area contributed by atoms with Gasteiger partial charge in [0.1, 0.15) is 5.75 Å². The van der Waals surface area contributed by atoms with Crippen molar-refractivity contribution in [3.8, 4) is 5.75 Å². The summed E-state index contributed by atoms with van der Waals surface area (Å²) >= 11 is 0. The Kier molecular flexibility index (Phi) is 5.04. The molecule has 0 unspecified atom stereocenters. The predicted octanol–water partition coefficient (Wildman–Crippen LogP) is 3.49. The molecule has 0 saturated carbocycles. The van der Waals surface area contributed by atoms with Crippen molar-refractivity contribution in [1.82, 2.24) is 9.78 Å². The molecule has 27 heavy (non-hydrogen) atoms. The number of ether oxygens (including phenoxy) is 3. The smallest absolute Gasteiger partial charge is 0.338 e. The number of hydrogen-bond acceptors (Lipinski definition) is 5. The van der Waals surface area contributed by atoms with Crippen LogP contribution in [0.1, 0.15) is 49.2 Å². The van der Waals surface area contributed by atoms with Crippen LogP contribution in [0.5, 0.6) is 5.75 Å². The summed E-state index contributed by atoms with van der Waals surface area (Å²) in [6.07, 6.45) is -1.29. The van der Waals surface area contributed by atoms with Gasteiger partial charge < -0.3 is 14.2 Å². The third-order valence-corrected chi connectivity index (χ3v) is 5.09. The monoisotopic (exact) mass is 372 g/mol. The van der Waals surface area contributed by atoms with Gasteiger partial charge in [0.05, 0.1) is 12.8 Å². The minimum atomic E-state index is -0.718. The van der Waals surface area contributed by atoms with Crippen LogP contribution in [0.2, 0.25) is 0 Å². The number of aromatic nitrogens is 2. The molecule has 146 valence electrons. The molecule has 0 bridgehead atoms. The molecule has 3 rings (SSSR count). The van der Waals surface area contributed by atoms with Gasteiger partial charge in [0.2, 0.25) is 6.29 Å². The van der Waals surface area contributed by atoms with Gasteiger partial charge in [-0.2, -0.15) is 5.10 Å². The zero-order valence-corrected chi connectivity index (χ0v) is 17.1. The summed E-state index contributed by atoms with van der Waals surface area (Å²) in [6, 6.07) is 7.72. The maximum atomic E-state index is 12.8. The van der Waals surface area contributed by atoms with Crippen LogP contribution in [-0.4, -0.2) is 35.3 Å². The third kappa shape index (κ3) is 3.58. The Hall–Kier alpha value is -2.34. The second-order valence-electron chi connectivity index (χ2n) is 8.15. The number of cyclic esters (lactones) is 1. The molecule has 0 spiro atoms. The van der Waals surface area contributed by atoms with Crippen LogP contribution in [0.3, 0.4) is 0 Å². The summed E-state index contributed by atoms with van der Waals surface area (Å²) in [5.41, 5.74) is 3.55. The Balaban J connectivity index is 2.09. The molecule has 6 heteroatoms. The molecule has 0 radical (unpaired) electrons. The first kappa shape index (κ1) is 19.4. The van der Waals surface area contributed by atoms with E-state index in [1.54, 1.807) is 7.11 Å². The van der Waals surface area contributed by atoms with Crippen LogP contribution in [0.25, 0.3) is 0 Å². The van der Waals surface area contributed by atoms with Gasteiger partial charge >= 0.3 is 5.97 Å². The van der Waals surface area contributed by atoms with Gasteiger partial charge in [-0.05, 0) is 31.5 Å². The Morgan fingerprint density at radius 1 is 1.19 bits per heavy atom. The number of carbonyl (C=O) groups excluding carboxylic acids is 1. The fourth-order valence-electron chi connectivity index (χ4n) is 3.53. The van der Waals surface area contributed by atoms with Crippen LogP contribution in [-0.2, 0) is 21.3 Å². The first-order valence-electron chi connectivity index (χ1n) is 9.13. The van der Waals surface area contributed by atoms with Crippen molar-refractivity contribution in [3.63, 3.8) is 0 Å². The number of rotatable bonds is 4. The van der Waals surface area contributed by atoms with E-state index in [-0.39, 0.29) is 17.3 Å². The van der Waals surface area contributed by atoms with Gasteiger partial charge in [-0.1, -0.05) is 32.9 Å². The van der Waals surface area contributed by atoms with E-state index in [4.69, 9.17) is 14.2 Å². The van der Waals surface area contributed by atoms with Crippen LogP contribution < -0.4 is 4.74 Å². The molecule has 0 N–H and O–H groups in total. The van der Waals surface area contributed by atoms with Crippen molar-refractivity contribution < 1.29 is 19.0 Å². The van der Waals surface area contributed by atoms with Gasteiger partial charge in [-0.3, -0.25) is 4.68 Å². The fraction of sp³-hybridized carbons (Fsp3) is 0.524. The lowest BCUT2D eigenvalue weighted by atomic mass is 9.85. The molecule has 2 aromatic rings. The molecule has 6 nitrogen and oxygen atoms in total. The number of methoxy groups -OCH3 is 1. The Morgan fingerprint density at radius 2 is 1.81 bits per heavy atom. The highest BCUT2D eigenvalue weighted by molar-refractivity contribution is 5.79. The lowest BCUT2D eigenvalue weighted by Gasteiger charge is -2.26. The maximum Gasteiger partial charge on any atom is 0.338 e. The SMILES string of the molecule is COc1ccc([C@@H](c2c(C)nn(C)c2C)[C@@H]2O[C@H](C(C)(C)C)OC2=O)cc1.